The molecule has 0 fully saturated rings. The van der Waals surface area contributed by atoms with Gasteiger partial charge in [0, 0.05) is 17.3 Å². The molecule has 1 nitrogen and oxygen atoms in total. The van der Waals surface area contributed by atoms with E-state index >= 15 is 0 Å². The molecule has 0 amide bonds. The maximum atomic E-state index is 5.63. The Morgan fingerprint density at radius 1 is 0.537 bits per heavy atom. The summed E-state index contributed by atoms with van der Waals surface area (Å²) in [5.41, 5.74) is 10.7. The van der Waals surface area contributed by atoms with Crippen LogP contribution in [-0.2, 0) is 16.2 Å². The van der Waals surface area contributed by atoms with Gasteiger partial charge in [-0.05, 0) is 67.5 Å². The van der Waals surface area contributed by atoms with Gasteiger partial charge in [-0.1, -0.05) is 145 Å². The van der Waals surface area contributed by atoms with E-state index in [9.17, 15) is 0 Å². The molecule has 4 aromatic carbocycles. The zero-order valence-corrected chi connectivity index (χ0v) is 25.5. The first kappa shape index (κ1) is 27.3. The molecule has 0 bridgehead atoms. The summed E-state index contributed by atoms with van der Waals surface area (Å²) in [5.74, 6) is 1.18. The highest BCUT2D eigenvalue weighted by molar-refractivity contribution is 5.82. The van der Waals surface area contributed by atoms with Crippen molar-refractivity contribution >= 4 is 0 Å². The summed E-state index contributed by atoms with van der Waals surface area (Å²) in [6.45, 7) is 13.9. The van der Waals surface area contributed by atoms with E-state index in [1.807, 2.05) is 0 Å². The first-order valence-electron chi connectivity index (χ1n) is 14.9. The van der Waals surface area contributed by atoms with Crippen molar-refractivity contribution in [3.05, 3.63) is 149 Å². The molecule has 1 unspecified atom stereocenters. The van der Waals surface area contributed by atoms with E-state index in [2.05, 4.69) is 157 Å². The lowest BCUT2D eigenvalue weighted by molar-refractivity contribution is 0.391. The number of methoxy groups -OCH3 is 1. The third kappa shape index (κ3) is 4.47. The van der Waals surface area contributed by atoms with Crippen LogP contribution in [0.5, 0.6) is 5.75 Å². The van der Waals surface area contributed by atoms with Crippen LogP contribution >= 0.6 is 0 Å². The minimum absolute atomic E-state index is 0.0492. The molecule has 0 heterocycles. The highest BCUT2D eigenvalue weighted by Gasteiger charge is 2.52. The van der Waals surface area contributed by atoms with Gasteiger partial charge in [-0.2, -0.15) is 0 Å². The molecule has 2 aliphatic rings. The van der Waals surface area contributed by atoms with Crippen LogP contribution in [0.2, 0.25) is 0 Å². The first-order valence-corrected chi connectivity index (χ1v) is 14.9. The smallest absolute Gasteiger partial charge is 0.118 e. The fourth-order valence-electron chi connectivity index (χ4n) is 7.08. The Bertz CT molecular complexity index is 1550. The lowest BCUT2D eigenvalue weighted by atomic mass is 9.56. The highest BCUT2D eigenvalue weighted by Crippen LogP contribution is 2.61. The van der Waals surface area contributed by atoms with Crippen molar-refractivity contribution in [2.45, 2.75) is 63.7 Å². The molecule has 0 aliphatic heterocycles. The molecule has 1 atom stereocenters. The van der Waals surface area contributed by atoms with Gasteiger partial charge < -0.3 is 4.74 Å². The van der Waals surface area contributed by atoms with Gasteiger partial charge in [0.1, 0.15) is 5.75 Å². The van der Waals surface area contributed by atoms with Crippen molar-refractivity contribution < 1.29 is 4.74 Å². The summed E-state index contributed by atoms with van der Waals surface area (Å²) in [4.78, 5) is 0. The zero-order valence-electron chi connectivity index (χ0n) is 25.5. The molecular formula is C40H42O. The number of benzene rings is 4. The molecule has 0 N–H and O–H groups in total. The third-order valence-corrected chi connectivity index (χ3v) is 9.30. The van der Waals surface area contributed by atoms with Gasteiger partial charge in [-0.3, -0.25) is 0 Å². The monoisotopic (exact) mass is 538 g/mol. The van der Waals surface area contributed by atoms with Gasteiger partial charge in [-0.15, -0.1) is 0 Å². The average molecular weight is 539 g/mol. The molecule has 6 rings (SSSR count). The van der Waals surface area contributed by atoms with E-state index in [-0.39, 0.29) is 28.1 Å². The maximum Gasteiger partial charge on any atom is 0.118 e. The number of hydrogen-bond donors (Lipinski definition) is 0. The molecule has 2 aliphatic carbocycles. The highest BCUT2D eigenvalue weighted by atomic mass is 16.5. The Balaban J connectivity index is 1.76. The molecule has 0 saturated carbocycles. The van der Waals surface area contributed by atoms with Gasteiger partial charge in [0.25, 0.3) is 0 Å². The van der Waals surface area contributed by atoms with E-state index < -0.39 is 0 Å². The van der Waals surface area contributed by atoms with Gasteiger partial charge in [0.15, 0.2) is 0 Å². The van der Waals surface area contributed by atoms with E-state index in [4.69, 9.17) is 4.74 Å². The number of rotatable bonds is 5. The molecule has 41 heavy (non-hydrogen) atoms. The fraction of sp³-hybridized carbons (Fsp3) is 0.300. The Morgan fingerprint density at radius 2 is 1.00 bits per heavy atom. The van der Waals surface area contributed by atoms with E-state index in [0.717, 1.165) is 5.75 Å². The summed E-state index contributed by atoms with van der Waals surface area (Å²) in [5, 5.41) is 0. The second kappa shape index (κ2) is 9.91. The molecule has 0 saturated heterocycles. The lowest BCUT2D eigenvalue weighted by Gasteiger charge is -2.45. The molecule has 208 valence electrons. The average Bonchev–Trinajstić information content (AvgIpc) is 3.61. The van der Waals surface area contributed by atoms with Crippen LogP contribution in [0.4, 0.5) is 0 Å². The van der Waals surface area contributed by atoms with Crippen molar-refractivity contribution in [1.82, 2.24) is 0 Å². The van der Waals surface area contributed by atoms with Gasteiger partial charge in [0.2, 0.25) is 0 Å². The van der Waals surface area contributed by atoms with Gasteiger partial charge in [0.05, 0.1) is 7.11 Å². The maximum absolute atomic E-state index is 5.63. The summed E-state index contributed by atoms with van der Waals surface area (Å²) < 4.78 is 5.63. The Morgan fingerprint density at radius 3 is 1.46 bits per heavy atom. The number of ether oxygens (including phenoxy) is 1. The predicted octanol–water partition coefficient (Wildman–Crippen LogP) is 10.1. The summed E-state index contributed by atoms with van der Waals surface area (Å²) >= 11 is 0. The quantitative estimate of drug-likeness (QED) is 0.246. The molecule has 0 aromatic heterocycles. The Labute approximate surface area is 246 Å². The van der Waals surface area contributed by atoms with Crippen LogP contribution in [-0.4, -0.2) is 7.11 Å². The standard InChI is InChI=1S/C40H42O/c1-38(2,3)30-19-23-33-34-24-20-31(39(4,5)6)26-36(34)37(35(33)25-30)40(28-15-11-12-16-28,27-13-9-8-10-14-27)29-17-21-32(41-7)22-18-29/h8-26,28,37H,1-7H3. The van der Waals surface area contributed by atoms with Crippen molar-refractivity contribution in [3.8, 4) is 16.9 Å². The number of fused-ring (bicyclic) bond motifs is 3. The van der Waals surface area contributed by atoms with Crippen LogP contribution in [0.25, 0.3) is 11.1 Å². The normalized spacial score (nSPS) is 16.5. The van der Waals surface area contributed by atoms with Crippen molar-refractivity contribution in [2.75, 3.05) is 7.11 Å². The van der Waals surface area contributed by atoms with Crippen LogP contribution in [0.3, 0.4) is 0 Å². The second-order valence-electron chi connectivity index (χ2n) is 13.8. The van der Waals surface area contributed by atoms with Crippen molar-refractivity contribution in [3.63, 3.8) is 0 Å². The summed E-state index contributed by atoms with van der Waals surface area (Å²) in [6, 6.07) is 34.5. The molecule has 0 radical (unpaired) electrons. The Kier molecular flexibility index (Phi) is 6.61. The minimum Gasteiger partial charge on any atom is -0.497 e. The van der Waals surface area contributed by atoms with Crippen LogP contribution in [0.1, 0.15) is 80.8 Å². The number of hydrogen-bond acceptors (Lipinski definition) is 1. The second-order valence-corrected chi connectivity index (χ2v) is 13.8. The van der Waals surface area contributed by atoms with Gasteiger partial charge in [-0.25, -0.2) is 0 Å². The fourth-order valence-corrected chi connectivity index (χ4v) is 7.08. The van der Waals surface area contributed by atoms with Crippen LogP contribution < -0.4 is 4.74 Å². The van der Waals surface area contributed by atoms with Crippen LogP contribution in [0, 0.1) is 5.92 Å². The van der Waals surface area contributed by atoms with E-state index in [0.29, 0.717) is 0 Å². The molecule has 1 heteroatoms. The lowest BCUT2D eigenvalue weighted by Crippen LogP contribution is -2.41. The number of allylic oxidation sites excluding steroid dienone is 4. The summed E-state index contributed by atoms with van der Waals surface area (Å²) in [6.07, 6.45) is 9.24. The first-order chi connectivity index (χ1) is 19.5. The molecule has 0 spiro atoms. The van der Waals surface area contributed by atoms with E-state index in [1.54, 1.807) is 7.11 Å². The molecule has 4 aromatic rings. The molecular weight excluding hydrogens is 496 g/mol. The third-order valence-electron chi connectivity index (χ3n) is 9.30. The summed E-state index contributed by atoms with van der Waals surface area (Å²) in [7, 11) is 1.74. The Hall–Kier alpha value is -3.84. The predicted molar refractivity (Wildman–Crippen MR) is 173 cm³/mol. The van der Waals surface area contributed by atoms with Crippen molar-refractivity contribution in [1.29, 1.82) is 0 Å². The minimum atomic E-state index is -0.371. The SMILES string of the molecule is COc1ccc(C(c2ccccc2)(C2C=CC=C2)C2c3cc(C(C)(C)C)ccc3-c3ccc(C(C)(C)C)cc32)cc1. The zero-order chi connectivity index (χ0) is 29.0. The topological polar surface area (TPSA) is 9.23 Å². The van der Waals surface area contributed by atoms with Crippen LogP contribution in [0.15, 0.2) is 115 Å². The van der Waals surface area contributed by atoms with E-state index in [1.165, 1.54) is 44.5 Å². The van der Waals surface area contributed by atoms with Gasteiger partial charge >= 0.3 is 0 Å². The largest absolute Gasteiger partial charge is 0.497 e. The van der Waals surface area contributed by atoms with Crippen molar-refractivity contribution in [2.24, 2.45) is 5.92 Å².